The SMILES string of the molecule is CCc1c[nH]c(OC(N)=O)c1. The summed E-state index contributed by atoms with van der Waals surface area (Å²) in [6.45, 7) is 2.01. The van der Waals surface area contributed by atoms with E-state index in [2.05, 4.69) is 9.72 Å². The smallest absolute Gasteiger partial charge is 0.393 e. The number of aromatic amines is 1. The van der Waals surface area contributed by atoms with Crippen LogP contribution in [0, 0.1) is 0 Å². The maximum absolute atomic E-state index is 10.2. The van der Waals surface area contributed by atoms with E-state index in [4.69, 9.17) is 5.73 Å². The van der Waals surface area contributed by atoms with E-state index in [-0.39, 0.29) is 0 Å². The molecule has 1 rings (SSSR count). The predicted octanol–water partition coefficient (Wildman–Crippen LogP) is 1.03. The average Bonchev–Trinajstić information content (AvgIpc) is 2.34. The molecule has 0 aliphatic heterocycles. The summed E-state index contributed by atoms with van der Waals surface area (Å²) >= 11 is 0. The Hall–Kier alpha value is -1.45. The highest BCUT2D eigenvalue weighted by atomic mass is 16.6. The van der Waals surface area contributed by atoms with E-state index in [1.165, 1.54) is 0 Å². The molecule has 1 aromatic heterocycles. The summed E-state index contributed by atoms with van der Waals surface area (Å²) in [6.07, 6.45) is 1.88. The van der Waals surface area contributed by atoms with Crippen molar-refractivity contribution in [2.75, 3.05) is 0 Å². The number of aromatic nitrogens is 1. The van der Waals surface area contributed by atoms with Crippen LogP contribution in [0.2, 0.25) is 0 Å². The van der Waals surface area contributed by atoms with Crippen molar-refractivity contribution < 1.29 is 9.53 Å². The van der Waals surface area contributed by atoms with Gasteiger partial charge >= 0.3 is 6.09 Å². The van der Waals surface area contributed by atoms with Gasteiger partial charge in [0.1, 0.15) is 0 Å². The third-order valence-corrected chi connectivity index (χ3v) is 1.34. The zero-order chi connectivity index (χ0) is 8.27. The van der Waals surface area contributed by atoms with E-state index >= 15 is 0 Å². The van der Waals surface area contributed by atoms with Crippen molar-refractivity contribution in [1.29, 1.82) is 0 Å². The van der Waals surface area contributed by atoms with Gasteiger partial charge in [-0.05, 0) is 12.0 Å². The molecule has 0 radical (unpaired) electrons. The van der Waals surface area contributed by atoms with Crippen molar-refractivity contribution in [2.45, 2.75) is 13.3 Å². The van der Waals surface area contributed by atoms with E-state index in [9.17, 15) is 4.79 Å². The summed E-state index contributed by atoms with van der Waals surface area (Å²) < 4.78 is 4.58. The van der Waals surface area contributed by atoms with Crippen molar-refractivity contribution in [2.24, 2.45) is 5.73 Å². The second kappa shape index (κ2) is 3.09. The van der Waals surface area contributed by atoms with Gasteiger partial charge in [-0.15, -0.1) is 0 Å². The highest BCUT2D eigenvalue weighted by Gasteiger charge is 2.00. The Morgan fingerprint density at radius 2 is 2.55 bits per heavy atom. The average molecular weight is 154 g/mol. The van der Waals surface area contributed by atoms with Crippen LogP contribution in [0.3, 0.4) is 0 Å². The lowest BCUT2D eigenvalue weighted by Gasteiger charge is -1.92. The second-order valence-electron chi connectivity index (χ2n) is 2.15. The number of aryl methyl sites for hydroxylation is 1. The molecule has 0 atom stereocenters. The Morgan fingerprint density at radius 3 is 3.00 bits per heavy atom. The number of nitrogens with two attached hydrogens (primary N) is 1. The van der Waals surface area contributed by atoms with E-state index in [1.54, 1.807) is 12.3 Å². The van der Waals surface area contributed by atoms with Crippen molar-refractivity contribution in [3.63, 3.8) is 0 Å². The van der Waals surface area contributed by atoms with Crippen molar-refractivity contribution in [1.82, 2.24) is 4.98 Å². The Kier molecular flexibility index (Phi) is 2.15. The molecular weight excluding hydrogens is 144 g/mol. The monoisotopic (exact) mass is 154 g/mol. The quantitative estimate of drug-likeness (QED) is 0.668. The van der Waals surface area contributed by atoms with Crippen LogP contribution < -0.4 is 10.5 Å². The van der Waals surface area contributed by atoms with Crippen molar-refractivity contribution >= 4 is 6.09 Å². The van der Waals surface area contributed by atoms with Crippen LogP contribution in [0.1, 0.15) is 12.5 Å². The molecule has 1 aromatic rings. The number of carbonyl (C=O) groups excluding carboxylic acids is 1. The van der Waals surface area contributed by atoms with E-state index < -0.39 is 6.09 Å². The molecule has 4 nitrogen and oxygen atoms in total. The Bertz CT molecular complexity index is 255. The van der Waals surface area contributed by atoms with Gasteiger partial charge in [-0.1, -0.05) is 6.92 Å². The van der Waals surface area contributed by atoms with Gasteiger partial charge in [0.15, 0.2) is 0 Å². The van der Waals surface area contributed by atoms with Gasteiger partial charge in [-0.2, -0.15) is 0 Å². The number of hydrogen-bond donors (Lipinski definition) is 2. The van der Waals surface area contributed by atoms with Crippen LogP contribution >= 0.6 is 0 Å². The fourth-order valence-corrected chi connectivity index (χ4v) is 0.787. The van der Waals surface area contributed by atoms with Crippen molar-refractivity contribution in [3.8, 4) is 5.88 Å². The number of ether oxygens (including phenoxy) is 1. The predicted molar refractivity (Wildman–Crippen MR) is 40.4 cm³/mol. The minimum absolute atomic E-state index is 0.398. The van der Waals surface area contributed by atoms with Crippen LogP contribution in [-0.2, 0) is 6.42 Å². The van der Waals surface area contributed by atoms with Crippen LogP contribution in [0.4, 0.5) is 4.79 Å². The minimum Gasteiger partial charge on any atom is -0.393 e. The molecule has 0 aliphatic rings. The Labute approximate surface area is 64.4 Å². The van der Waals surface area contributed by atoms with Gasteiger partial charge in [0, 0.05) is 12.3 Å². The Morgan fingerprint density at radius 1 is 1.82 bits per heavy atom. The molecule has 0 saturated heterocycles. The number of primary amides is 1. The molecule has 0 spiro atoms. The van der Waals surface area contributed by atoms with E-state index in [1.807, 2.05) is 6.92 Å². The van der Waals surface area contributed by atoms with Gasteiger partial charge in [-0.3, -0.25) is 0 Å². The zero-order valence-corrected chi connectivity index (χ0v) is 6.26. The molecule has 0 aliphatic carbocycles. The molecule has 0 saturated carbocycles. The van der Waals surface area contributed by atoms with Crippen LogP contribution in [0.25, 0.3) is 0 Å². The molecule has 1 amide bonds. The zero-order valence-electron chi connectivity index (χ0n) is 6.26. The first kappa shape index (κ1) is 7.65. The standard InChI is InChI=1S/C7H10N2O2/c1-2-5-3-6(9-4-5)11-7(8)10/h3-4,9H,2H2,1H3,(H2,8,10). The van der Waals surface area contributed by atoms with E-state index in [0.29, 0.717) is 5.88 Å². The third kappa shape index (κ3) is 2.00. The van der Waals surface area contributed by atoms with Gasteiger partial charge in [0.25, 0.3) is 0 Å². The summed E-state index contributed by atoms with van der Waals surface area (Å²) in [5.41, 5.74) is 5.88. The lowest BCUT2D eigenvalue weighted by Crippen LogP contribution is -2.16. The maximum Gasteiger partial charge on any atom is 0.411 e. The first-order valence-corrected chi connectivity index (χ1v) is 3.37. The number of H-pyrrole nitrogens is 1. The van der Waals surface area contributed by atoms with Gasteiger partial charge < -0.3 is 15.5 Å². The number of carbonyl (C=O) groups is 1. The third-order valence-electron chi connectivity index (χ3n) is 1.34. The summed E-state index contributed by atoms with van der Waals surface area (Å²) in [7, 11) is 0. The fourth-order valence-electron chi connectivity index (χ4n) is 0.787. The molecule has 4 heteroatoms. The minimum atomic E-state index is -0.797. The van der Waals surface area contributed by atoms with Gasteiger partial charge in [-0.25, -0.2) is 4.79 Å². The van der Waals surface area contributed by atoms with Crippen molar-refractivity contribution in [3.05, 3.63) is 17.8 Å². The molecule has 60 valence electrons. The lowest BCUT2D eigenvalue weighted by molar-refractivity contribution is 0.209. The van der Waals surface area contributed by atoms with E-state index in [0.717, 1.165) is 12.0 Å². The maximum atomic E-state index is 10.2. The van der Waals surface area contributed by atoms with Gasteiger partial charge in [0.2, 0.25) is 5.88 Å². The van der Waals surface area contributed by atoms with Crippen LogP contribution in [0.15, 0.2) is 12.3 Å². The molecule has 0 unspecified atom stereocenters. The highest BCUT2D eigenvalue weighted by Crippen LogP contribution is 2.10. The summed E-state index contributed by atoms with van der Waals surface area (Å²) in [5, 5.41) is 0. The number of rotatable bonds is 2. The number of amides is 1. The van der Waals surface area contributed by atoms with Crippen LogP contribution in [-0.4, -0.2) is 11.1 Å². The summed E-state index contributed by atoms with van der Waals surface area (Å²) in [4.78, 5) is 13.0. The lowest BCUT2D eigenvalue weighted by atomic mass is 10.3. The number of nitrogens with one attached hydrogen (secondary N) is 1. The molecule has 0 aromatic carbocycles. The Balaban J connectivity index is 2.65. The molecular formula is C7H10N2O2. The fraction of sp³-hybridized carbons (Fsp3) is 0.286. The highest BCUT2D eigenvalue weighted by molar-refractivity contribution is 5.67. The molecule has 0 fully saturated rings. The summed E-state index contributed by atoms with van der Waals surface area (Å²) in [6, 6.07) is 1.74. The first-order valence-electron chi connectivity index (χ1n) is 3.37. The molecule has 1 heterocycles. The number of hydrogen-bond acceptors (Lipinski definition) is 2. The van der Waals surface area contributed by atoms with Crippen LogP contribution in [0.5, 0.6) is 5.88 Å². The second-order valence-corrected chi connectivity index (χ2v) is 2.15. The largest absolute Gasteiger partial charge is 0.411 e. The molecule has 11 heavy (non-hydrogen) atoms. The molecule has 0 bridgehead atoms. The van der Waals surface area contributed by atoms with Gasteiger partial charge in [0.05, 0.1) is 0 Å². The summed E-state index contributed by atoms with van der Waals surface area (Å²) in [5.74, 6) is 0.398. The first-order chi connectivity index (χ1) is 5.22. The normalized spacial score (nSPS) is 9.55. The molecule has 3 N–H and O–H groups in total. The topological polar surface area (TPSA) is 68.1 Å².